The molecular formula is C17H28O. The van der Waals surface area contributed by atoms with Gasteiger partial charge in [-0.15, -0.1) is 0 Å². The van der Waals surface area contributed by atoms with Gasteiger partial charge in [-0.05, 0) is 43.4 Å². The van der Waals surface area contributed by atoms with Gasteiger partial charge in [-0.2, -0.15) is 0 Å². The standard InChI is InChI=1S/C17H28O/c1-6-14(18)17(5)11-9-13-8-7-10-16(3,4)15(13)12(17)2/h12H,6-11H2,1-5H3/t12-,17+/m0/s1. The number of Topliss-reactive ketones (excluding diaryl/α,β-unsaturated/α-hetero) is 1. The molecule has 0 saturated carbocycles. The molecule has 0 heterocycles. The van der Waals surface area contributed by atoms with Gasteiger partial charge in [-0.3, -0.25) is 4.79 Å². The van der Waals surface area contributed by atoms with Crippen LogP contribution in [0.25, 0.3) is 0 Å². The van der Waals surface area contributed by atoms with Gasteiger partial charge in [0.05, 0.1) is 0 Å². The maximum absolute atomic E-state index is 12.4. The molecular weight excluding hydrogens is 220 g/mol. The molecule has 0 amide bonds. The van der Waals surface area contributed by atoms with Gasteiger partial charge in [-0.1, -0.05) is 45.8 Å². The van der Waals surface area contributed by atoms with Crippen molar-refractivity contribution in [1.29, 1.82) is 0 Å². The first-order chi connectivity index (χ1) is 8.33. The number of carbonyl (C=O) groups excluding carboxylic acids is 1. The van der Waals surface area contributed by atoms with Crippen molar-refractivity contribution in [3.05, 3.63) is 11.1 Å². The third kappa shape index (κ3) is 1.96. The molecule has 18 heavy (non-hydrogen) atoms. The van der Waals surface area contributed by atoms with Gasteiger partial charge in [0.2, 0.25) is 0 Å². The van der Waals surface area contributed by atoms with Gasteiger partial charge in [0, 0.05) is 11.8 Å². The van der Waals surface area contributed by atoms with E-state index in [2.05, 4.69) is 27.7 Å². The predicted molar refractivity (Wildman–Crippen MR) is 76.5 cm³/mol. The summed E-state index contributed by atoms with van der Waals surface area (Å²) in [7, 11) is 0. The van der Waals surface area contributed by atoms with Crippen LogP contribution in [0.3, 0.4) is 0 Å². The van der Waals surface area contributed by atoms with E-state index in [0.29, 0.717) is 23.5 Å². The molecule has 0 bridgehead atoms. The highest BCUT2D eigenvalue weighted by Crippen LogP contribution is 2.55. The van der Waals surface area contributed by atoms with Crippen LogP contribution in [0.4, 0.5) is 0 Å². The fraction of sp³-hybridized carbons (Fsp3) is 0.824. The lowest BCUT2D eigenvalue weighted by Crippen LogP contribution is -2.42. The molecule has 0 spiro atoms. The van der Waals surface area contributed by atoms with Crippen LogP contribution in [0.15, 0.2) is 11.1 Å². The second-order valence-corrected chi connectivity index (χ2v) is 7.17. The van der Waals surface area contributed by atoms with E-state index in [4.69, 9.17) is 0 Å². The van der Waals surface area contributed by atoms with Crippen molar-refractivity contribution in [3.8, 4) is 0 Å². The summed E-state index contributed by atoms with van der Waals surface area (Å²) in [6.07, 6.45) is 6.80. The first kappa shape index (κ1) is 13.8. The molecule has 0 radical (unpaired) electrons. The van der Waals surface area contributed by atoms with Crippen molar-refractivity contribution in [1.82, 2.24) is 0 Å². The molecule has 2 aliphatic rings. The molecule has 2 aliphatic carbocycles. The molecule has 0 aromatic heterocycles. The summed E-state index contributed by atoms with van der Waals surface area (Å²) in [4.78, 5) is 12.4. The van der Waals surface area contributed by atoms with Crippen molar-refractivity contribution < 1.29 is 4.79 Å². The van der Waals surface area contributed by atoms with Crippen LogP contribution < -0.4 is 0 Å². The normalized spacial score (nSPS) is 35.3. The van der Waals surface area contributed by atoms with Crippen LogP contribution in [0.2, 0.25) is 0 Å². The van der Waals surface area contributed by atoms with Crippen LogP contribution in [-0.2, 0) is 4.79 Å². The Hall–Kier alpha value is -0.590. The van der Waals surface area contributed by atoms with Crippen LogP contribution in [-0.4, -0.2) is 5.78 Å². The maximum atomic E-state index is 12.4. The van der Waals surface area contributed by atoms with Gasteiger partial charge in [0.1, 0.15) is 5.78 Å². The lowest BCUT2D eigenvalue weighted by molar-refractivity contribution is -0.130. The van der Waals surface area contributed by atoms with Crippen molar-refractivity contribution in [2.24, 2.45) is 16.7 Å². The summed E-state index contributed by atoms with van der Waals surface area (Å²) >= 11 is 0. The van der Waals surface area contributed by atoms with Gasteiger partial charge < -0.3 is 0 Å². The van der Waals surface area contributed by atoms with E-state index in [0.717, 1.165) is 12.8 Å². The minimum Gasteiger partial charge on any atom is -0.299 e. The number of hydrogen-bond acceptors (Lipinski definition) is 1. The Kier molecular flexibility index (Phi) is 3.46. The predicted octanol–water partition coefficient (Wildman–Crippen LogP) is 4.91. The van der Waals surface area contributed by atoms with Gasteiger partial charge in [-0.25, -0.2) is 0 Å². The Balaban J connectivity index is 2.42. The lowest BCUT2D eigenvalue weighted by Gasteiger charge is -2.49. The van der Waals surface area contributed by atoms with E-state index >= 15 is 0 Å². The number of carbonyl (C=O) groups is 1. The quantitative estimate of drug-likeness (QED) is 0.635. The summed E-state index contributed by atoms with van der Waals surface area (Å²) in [6.45, 7) is 11.3. The molecule has 2 atom stereocenters. The topological polar surface area (TPSA) is 17.1 Å². The third-order valence-electron chi connectivity index (χ3n) is 5.68. The van der Waals surface area contributed by atoms with E-state index in [1.807, 2.05) is 6.92 Å². The van der Waals surface area contributed by atoms with Crippen molar-refractivity contribution in [2.75, 3.05) is 0 Å². The van der Waals surface area contributed by atoms with E-state index < -0.39 is 0 Å². The SMILES string of the molecule is CCC(=O)[C@]1(C)CCC2=C([C@@H]1C)C(C)(C)CCC2. The summed E-state index contributed by atoms with van der Waals surface area (Å²) in [5.41, 5.74) is 3.51. The van der Waals surface area contributed by atoms with Crippen molar-refractivity contribution in [3.63, 3.8) is 0 Å². The molecule has 0 aliphatic heterocycles. The lowest BCUT2D eigenvalue weighted by atomic mass is 9.55. The molecule has 0 aromatic rings. The fourth-order valence-corrected chi connectivity index (χ4v) is 4.37. The zero-order chi connectivity index (χ0) is 13.6. The zero-order valence-corrected chi connectivity index (χ0v) is 12.7. The average Bonchev–Trinajstić information content (AvgIpc) is 2.32. The molecule has 102 valence electrons. The largest absolute Gasteiger partial charge is 0.299 e. The Labute approximate surface area is 112 Å². The fourth-order valence-electron chi connectivity index (χ4n) is 4.37. The van der Waals surface area contributed by atoms with E-state index in [1.165, 1.54) is 19.3 Å². The van der Waals surface area contributed by atoms with E-state index in [1.54, 1.807) is 11.1 Å². The summed E-state index contributed by atoms with van der Waals surface area (Å²) in [5, 5.41) is 0. The zero-order valence-electron chi connectivity index (χ0n) is 12.7. The first-order valence-corrected chi connectivity index (χ1v) is 7.58. The first-order valence-electron chi connectivity index (χ1n) is 7.58. The second-order valence-electron chi connectivity index (χ2n) is 7.17. The number of rotatable bonds is 2. The maximum Gasteiger partial charge on any atom is 0.139 e. The monoisotopic (exact) mass is 248 g/mol. The van der Waals surface area contributed by atoms with Crippen LogP contribution in [0.5, 0.6) is 0 Å². The summed E-state index contributed by atoms with van der Waals surface area (Å²) in [6, 6.07) is 0. The smallest absolute Gasteiger partial charge is 0.139 e. The summed E-state index contributed by atoms with van der Waals surface area (Å²) in [5.74, 6) is 0.895. The Bertz CT molecular complexity index is 388. The van der Waals surface area contributed by atoms with E-state index in [9.17, 15) is 4.79 Å². The third-order valence-corrected chi connectivity index (χ3v) is 5.68. The van der Waals surface area contributed by atoms with E-state index in [-0.39, 0.29) is 5.41 Å². The number of ketones is 1. The number of allylic oxidation sites excluding steroid dienone is 2. The number of hydrogen-bond donors (Lipinski definition) is 0. The molecule has 0 aromatic carbocycles. The van der Waals surface area contributed by atoms with Gasteiger partial charge in [0.25, 0.3) is 0 Å². The molecule has 0 unspecified atom stereocenters. The van der Waals surface area contributed by atoms with Gasteiger partial charge >= 0.3 is 0 Å². The average molecular weight is 248 g/mol. The molecule has 0 saturated heterocycles. The minimum atomic E-state index is -0.109. The summed E-state index contributed by atoms with van der Waals surface area (Å²) < 4.78 is 0. The Morgan fingerprint density at radius 2 is 1.89 bits per heavy atom. The van der Waals surface area contributed by atoms with Crippen molar-refractivity contribution in [2.45, 2.75) is 73.1 Å². The van der Waals surface area contributed by atoms with Crippen LogP contribution in [0, 0.1) is 16.7 Å². The van der Waals surface area contributed by atoms with Crippen molar-refractivity contribution >= 4 is 5.78 Å². The highest BCUT2D eigenvalue weighted by Gasteiger charge is 2.47. The highest BCUT2D eigenvalue weighted by atomic mass is 16.1. The molecule has 2 rings (SSSR count). The second kappa shape index (κ2) is 4.51. The molecule has 1 nitrogen and oxygen atoms in total. The Morgan fingerprint density at radius 3 is 2.50 bits per heavy atom. The Morgan fingerprint density at radius 1 is 1.22 bits per heavy atom. The molecule has 0 fully saturated rings. The van der Waals surface area contributed by atoms with Gasteiger partial charge in [0.15, 0.2) is 0 Å². The minimum absolute atomic E-state index is 0.109. The molecule has 1 heteroatoms. The van der Waals surface area contributed by atoms with Crippen LogP contribution in [0.1, 0.15) is 73.1 Å². The van der Waals surface area contributed by atoms with Crippen LogP contribution >= 0.6 is 0 Å². The highest BCUT2D eigenvalue weighted by molar-refractivity contribution is 5.85. The molecule has 0 N–H and O–H groups in total.